The van der Waals surface area contributed by atoms with Crippen LogP contribution < -0.4 is 15.9 Å². The Balaban J connectivity index is 1.64. The molecule has 2 N–H and O–H groups in total. The van der Waals surface area contributed by atoms with Gasteiger partial charge in [0.15, 0.2) is 0 Å². The van der Waals surface area contributed by atoms with E-state index in [0.29, 0.717) is 23.7 Å². The molecule has 0 aliphatic rings. The second kappa shape index (κ2) is 12.3. The van der Waals surface area contributed by atoms with E-state index >= 15 is 4.39 Å². The monoisotopic (exact) mass is 506 g/mol. The van der Waals surface area contributed by atoms with Gasteiger partial charge >= 0.3 is 0 Å². The SMILES string of the molecule is C=C(NCC(NC(=C)c1c(C)cc(CCC(C)c2cccc(P)c2)cc1F)C(=C)C)c1cccs1. The summed E-state index contributed by atoms with van der Waals surface area (Å²) in [7, 11) is 2.75. The van der Waals surface area contributed by atoms with Gasteiger partial charge in [0.2, 0.25) is 0 Å². The van der Waals surface area contributed by atoms with Gasteiger partial charge in [0.1, 0.15) is 5.82 Å². The van der Waals surface area contributed by atoms with Crippen molar-refractivity contribution in [2.24, 2.45) is 0 Å². The second-order valence-electron chi connectivity index (χ2n) is 9.24. The molecular formula is C30H36FN2PS. The fourth-order valence-electron chi connectivity index (χ4n) is 4.15. The summed E-state index contributed by atoms with van der Waals surface area (Å²) in [6.45, 7) is 19.1. The average molecular weight is 507 g/mol. The fraction of sp³-hybridized carbons (Fsp3) is 0.267. The highest BCUT2D eigenvalue weighted by Crippen LogP contribution is 2.26. The van der Waals surface area contributed by atoms with Crippen molar-refractivity contribution in [2.45, 2.75) is 45.6 Å². The molecule has 0 aliphatic carbocycles. The Hall–Kier alpha value is -2.68. The van der Waals surface area contributed by atoms with E-state index < -0.39 is 0 Å². The largest absolute Gasteiger partial charge is 0.382 e. The minimum Gasteiger partial charge on any atom is -0.382 e. The van der Waals surface area contributed by atoms with Gasteiger partial charge in [-0.2, -0.15) is 0 Å². The Morgan fingerprint density at radius 3 is 2.49 bits per heavy atom. The van der Waals surface area contributed by atoms with Crippen LogP contribution >= 0.6 is 20.6 Å². The van der Waals surface area contributed by atoms with E-state index in [1.807, 2.05) is 31.4 Å². The third-order valence-electron chi connectivity index (χ3n) is 6.28. The van der Waals surface area contributed by atoms with Gasteiger partial charge in [0.25, 0.3) is 0 Å². The van der Waals surface area contributed by atoms with Crippen molar-refractivity contribution in [3.8, 4) is 0 Å². The zero-order valence-electron chi connectivity index (χ0n) is 21.0. The third-order valence-corrected chi connectivity index (χ3v) is 7.56. The molecule has 1 heterocycles. The van der Waals surface area contributed by atoms with E-state index in [1.165, 1.54) is 10.9 Å². The topological polar surface area (TPSA) is 24.1 Å². The number of hydrogen-bond acceptors (Lipinski definition) is 3. The molecule has 2 nitrogen and oxygen atoms in total. The van der Waals surface area contributed by atoms with E-state index in [4.69, 9.17) is 0 Å². The molecule has 0 saturated carbocycles. The van der Waals surface area contributed by atoms with Crippen molar-refractivity contribution in [3.63, 3.8) is 0 Å². The summed E-state index contributed by atoms with van der Waals surface area (Å²) in [4.78, 5) is 1.09. The first-order valence-electron chi connectivity index (χ1n) is 11.9. The fourth-order valence-corrected chi connectivity index (χ4v) is 5.13. The van der Waals surface area contributed by atoms with Crippen molar-refractivity contribution < 1.29 is 4.39 Å². The molecule has 5 heteroatoms. The van der Waals surface area contributed by atoms with Crippen LogP contribution in [0.3, 0.4) is 0 Å². The molecule has 0 amide bonds. The van der Waals surface area contributed by atoms with E-state index in [-0.39, 0.29) is 11.9 Å². The van der Waals surface area contributed by atoms with Crippen LogP contribution in [0.25, 0.3) is 11.4 Å². The smallest absolute Gasteiger partial charge is 0.133 e. The third kappa shape index (κ3) is 7.40. The number of aryl methyl sites for hydroxylation is 2. The maximum Gasteiger partial charge on any atom is 0.133 e. The number of rotatable bonds is 12. The van der Waals surface area contributed by atoms with Crippen LogP contribution in [0.15, 0.2) is 79.2 Å². The number of halogens is 1. The maximum atomic E-state index is 15.3. The first kappa shape index (κ1) is 26.9. The lowest BCUT2D eigenvalue weighted by Gasteiger charge is -2.24. The summed E-state index contributed by atoms with van der Waals surface area (Å²) < 4.78 is 15.3. The van der Waals surface area contributed by atoms with E-state index in [9.17, 15) is 0 Å². The van der Waals surface area contributed by atoms with E-state index in [2.05, 4.69) is 76.9 Å². The summed E-state index contributed by atoms with van der Waals surface area (Å²) in [6, 6.07) is 16.2. The lowest BCUT2D eigenvalue weighted by molar-refractivity contribution is 0.606. The number of hydrogen-bond donors (Lipinski definition) is 2. The Morgan fingerprint density at radius 2 is 1.86 bits per heavy atom. The van der Waals surface area contributed by atoms with Crippen molar-refractivity contribution in [3.05, 3.63) is 112 Å². The Morgan fingerprint density at radius 1 is 1.09 bits per heavy atom. The molecule has 35 heavy (non-hydrogen) atoms. The summed E-state index contributed by atoms with van der Waals surface area (Å²) in [5.41, 5.74) is 6.10. The normalized spacial score (nSPS) is 12.6. The Bertz CT molecular complexity index is 1180. The summed E-state index contributed by atoms with van der Waals surface area (Å²) in [5.74, 6) is 0.163. The first-order chi connectivity index (χ1) is 16.7. The molecule has 3 rings (SSSR count). The van der Waals surface area contributed by atoms with E-state index in [1.54, 1.807) is 17.4 Å². The van der Waals surface area contributed by atoms with Crippen LogP contribution in [0.5, 0.6) is 0 Å². The summed E-state index contributed by atoms with van der Waals surface area (Å²) >= 11 is 1.64. The van der Waals surface area contributed by atoms with Crippen LogP contribution in [-0.4, -0.2) is 12.6 Å². The molecule has 3 aromatic rings. The highest BCUT2D eigenvalue weighted by Gasteiger charge is 2.17. The highest BCUT2D eigenvalue weighted by atomic mass is 32.1. The van der Waals surface area contributed by atoms with Crippen molar-refractivity contribution in [1.29, 1.82) is 0 Å². The quantitative estimate of drug-likeness (QED) is 0.201. The van der Waals surface area contributed by atoms with Crippen LogP contribution in [-0.2, 0) is 6.42 Å². The van der Waals surface area contributed by atoms with Gasteiger partial charge in [0, 0.05) is 28.4 Å². The second-order valence-corrected chi connectivity index (χ2v) is 10.9. The minimum atomic E-state index is -0.242. The molecule has 0 saturated heterocycles. The molecule has 2 aromatic carbocycles. The molecule has 3 unspecified atom stereocenters. The van der Waals surface area contributed by atoms with Crippen LogP contribution in [0.1, 0.15) is 53.3 Å². The standard InChI is InChI=1S/C30H36FN2PS/c1-19(2)28(18-32-22(5)29-11-8-14-35-29)33-23(6)30-21(4)15-24(16-27(30)31)13-12-20(3)25-9-7-10-26(34)17-25/h7-11,14-17,20,28,32-33H,1,5-6,12-13,18,34H2,2-4H3. The summed E-state index contributed by atoms with van der Waals surface area (Å²) in [6.07, 6.45) is 1.78. The molecule has 0 fully saturated rings. The van der Waals surface area contributed by atoms with Gasteiger partial charge < -0.3 is 10.6 Å². The zero-order chi connectivity index (χ0) is 25.5. The van der Waals surface area contributed by atoms with Crippen LogP contribution in [0, 0.1) is 12.7 Å². The minimum absolute atomic E-state index is 0.106. The molecule has 3 atom stereocenters. The lowest BCUT2D eigenvalue weighted by atomic mass is 9.92. The zero-order valence-corrected chi connectivity index (χ0v) is 22.9. The van der Waals surface area contributed by atoms with Crippen molar-refractivity contribution in [2.75, 3.05) is 6.54 Å². The van der Waals surface area contributed by atoms with Gasteiger partial charge in [0.05, 0.1) is 6.04 Å². The number of thiophene rings is 1. The van der Waals surface area contributed by atoms with Gasteiger partial charge in [-0.25, -0.2) is 4.39 Å². The van der Waals surface area contributed by atoms with Crippen LogP contribution in [0.2, 0.25) is 0 Å². The summed E-state index contributed by atoms with van der Waals surface area (Å²) in [5, 5.41) is 9.95. The molecule has 0 radical (unpaired) electrons. The molecule has 1 aromatic heterocycles. The molecule has 0 aliphatic heterocycles. The van der Waals surface area contributed by atoms with Gasteiger partial charge in [-0.05, 0) is 72.1 Å². The van der Waals surface area contributed by atoms with Crippen molar-refractivity contribution >= 4 is 37.3 Å². The predicted molar refractivity (Wildman–Crippen MR) is 156 cm³/mol. The lowest BCUT2D eigenvalue weighted by Crippen LogP contribution is -2.37. The average Bonchev–Trinajstić information content (AvgIpc) is 3.34. The molecule has 184 valence electrons. The van der Waals surface area contributed by atoms with Gasteiger partial charge in [-0.3, -0.25) is 0 Å². The maximum absolute atomic E-state index is 15.3. The Kier molecular flexibility index (Phi) is 9.48. The predicted octanol–water partition coefficient (Wildman–Crippen LogP) is 7.20. The molecule has 0 bridgehead atoms. The highest BCUT2D eigenvalue weighted by molar-refractivity contribution is 7.27. The van der Waals surface area contributed by atoms with Crippen molar-refractivity contribution in [1.82, 2.24) is 10.6 Å². The van der Waals surface area contributed by atoms with Gasteiger partial charge in [-0.1, -0.05) is 68.6 Å². The number of nitrogens with one attached hydrogen (secondary N) is 2. The molecule has 0 spiro atoms. The van der Waals surface area contributed by atoms with Gasteiger partial charge in [-0.15, -0.1) is 20.6 Å². The number of benzene rings is 2. The Labute approximate surface area is 216 Å². The molecular weight excluding hydrogens is 470 g/mol. The first-order valence-corrected chi connectivity index (χ1v) is 13.3. The van der Waals surface area contributed by atoms with Crippen LogP contribution in [0.4, 0.5) is 4.39 Å². The van der Waals surface area contributed by atoms with E-state index in [0.717, 1.165) is 40.1 Å².